The fraction of sp³-hybridized carbons (Fsp3) is 0.364. The zero-order valence-electron chi connectivity index (χ0n) is 17.9. The lowest BCUT2D eigenvalue weighted by molar-refractivity contribution is -0.118. The van der Waals surface area contributed by atoms with Crippen molar-refractivity contribution in [3.8, 4) is 0 Å². The van der Waals surface area contributed by atoms with Gasteiger partial charge in [0.25, 0.3) is 0 Å². The molecule has 0 radical (unpaired) electrons. The van der Waals surface area contributed by atoms with E-state index in [1.54, 1.807) is 35.2 Å². The van der Waals surface area contributed by atoms with Gasteiger partial charge >= 0.3 is 0 Å². The van der Waals surface area contributed by atoms with Crippen molar-refractivity contribution < 1.29 is 13.2 Å². The van der Waals surface area contributed by atoms with E-state index in [2.05, 4.69) is 16.0 Å². The molecular formula is C22H28ClN3O3S2. The van der Waals surface area contributed by atoms with Crippen molar-refractivity contribution in [2.45, 2.75) is 24.7 Å². The predicted octanol–water partition coefficient (Wildman–Crippen LogP) is 4.18. The number of carbonyl (C=O) groups is 1. The Morgan fingerprint density at radius 1 is 1.06 bits per heavy atom. The van der Waals surface area contributed by atoms with Crippen molar-refractivity contribution in [3.05, 3.63) is 54.1 Å². The van der Waals surface area contributed by atoms with Crippen LogP contribution in [0.4, 0.5) is 5.13 Å². The molecule has 9 heteroatoms. The number of anilines is 1. The molecule has 0 atom stereocenters. The maximum absolute atomic E-state index is 13.1. The number of aryl methyl sites for hydroxylation is 1. The Morgan fingerprint density at radius 2 is 1.77 bits per heavy atom. The Balaban J connectivity index is 0.00000341. The van der Waals surface area contributed by atoms with Gasteiger partial charge in [0.2, 0.25) is 5.91 Å². The van der Waals surface area contributed by atoms with Gasteiger partial charge < -0.3 is 4.90 Å². The zero-order valence-corrected chi connectivity index (χ0v) is 20.4. The van der Waals surface area contributed by atoms with Gasteiger partial charge in [0, 0.05) is 13.0 Å². The van der Waals surface area contributed by atoms with Crippen LogP contribution in [0.1, 0.15) is 18.4 Å². The average Bonchev–Trinajstić information content (AvgIpc) is 3.12. The first-order chi connectivity index (χ1) is 14.3. The molecule has 0 saturated carbocycles. The monoisotopic (exact) mass is 481 g/mol. The van der Waals surface area contributed by atoms with E-state index in [-0.39, 0.29) is 35.4 Å². The maximum Gasteiger partial charge on any atom is 0.229 e. The van der Waals surface area contributed by atoms with E-state index in [1.807, 2.05) is 33.2 Å². The van der Waals surface area contributed by atoms with Crippen molar-refractivity contribution in [1.29, 1.82) is 0 Å². The summed E-state index contributed by atoms with van der Waals surface area (Å²) >= 11 is 1.47. The first kappa shape index (κ1) is 25.3. The Kier molecular flexibility index (Phi) is 9.00. The lowest BCUT2D eigenvalue weighted by atomic mass is 10.2. The molecule has 0 unspecified atom stereocenters. The quantitative estimate of drug-likeness (QED) is 0.458. The second-order valence-electron chi connectivity index (χ2n) is 7.55. The summed E-state index contributed by atoms with van der Waals surface area (Å²) in [6.45, 7) is 3.35. The number of carbonyl (C=O) groups excluding carboxylic acids is 1. The minimum atomic E-state index is -3.51. The van der Waals surface area contributed by atoms with Gasteiger partial charge in [-0.05, 0) is 63.8 Å². The van der Waals surface area contributed by atoms with Crippen LogP contribution in [0, 0.1) is 6.92 Å². The normalized spacial score (nSPS) is 11.5. The molecule has 0 aliphatic heterocycles. The molecule has 0 saturated heterocycles. The first-order valence-electron chi connectivity index (χ1n) is 9.86. The molecule has 3 aromatic rings. The fourth-order valence-electron chi connectivity index (χ4n) is 3.11. The summed E-state index contributed by atoms with van der Waals surface area (Å²) in [6, 6.07) is 14.3. The molecule has 31 heavy (non-hydrogen) atoms. The minimum absolute atomic E-state index is 0. The van der Waals surface area contributed by atoms with Crippen LogP contribution >= 0.6 is 23.7 Å². The van der Waals surface area contributed by atoms with Gasteiger partial charge in [-0.25, -0.2) is 13.4 Å². The number of halogens is 1. The summed E-state index contributed by atoms with van der Waals surface area (Å²) in [7, 11) is 0.462. The molecule has 0 spiro atoms. The highest BCUT2D eigenvalue weighted by Crippen LogP contribution is 2.30. The number of amides is 1. The molecule has 0 bridgehead atoms. The molecule has 0 aliphatic carbocycles. The van der Waals surface area contributed by atoms with Crippen molar-refractivity contribution in [1.82, 2.24) is 9.88 Å². The predicted molar refractivity (Wildman–Crippen MR) is 130 cm³/mol. The third kappa shape index (κ3) is 6.74. The van der Waals surface area contributed by atoms with E-state index in [0.29, 0.717) is 11.7 Å². The third-order valence-corrected chi connectivity index (χ3v) is 7.51. The summed E-state index contributed by atoms with van der Waals surface area (Å²) in [5.74, 6) is -0.437. The molecular weight excluding hydrogens is 454 g/mol. The molecule has 6 nitrogen and oxygen atoms in total. The number of hydrogen-bond acceptors (Lipinski definition) is 6. The van der Waals surface area contributed by atoms with Gasteiger partial charge in [0.15, 0.2) is 15.0 Å². The van der Waals surface area contributed by atoms with E-state index in [0.717, 1.165) is 28.7 Å². The SMILES string of the molecule is Cc1ccc2nc(N(CCCN(C)C)C(=O)CCS(=O)(=O)c3ccccc3)sc2c1.Cl. The number of hydrogen-bond donors (Lipinski definition) is 0. The van der Waals surface area contributed by atoms with Crippen LogP contribution in [-0.4, -0.2) is 57.1 Å². The van der Waals surface area contributed by atoms with Gasteiger partial charge in [0.05, 0.1) is 20.9 Å². The molecule has 1 aromatic heterocycles. The molecule has 0 fully saturated rings. The number of benzene rings is 2. The van der Waals surface area contributed by atoms with Gasteiger partial charge in [-0.1, -0.05) is 35.6 Å². The van der Waals surface area contributed by atoms with E-state index in [4.69, 9.17) is 0 Å². The number of sulfone groups is 1. The Hall–Kier alpha value is -2.00. The molecule has 0 aliphatic rings. The largest absolute Gasteiger partial charge is 0.309 e. The second-order valence-corrected chi connectivity index (χ2v) is 10.7. The van der Waals surface area contributed by atoms with Crippen LogP contribution in [0.5, 0.6) is 0 Å². The van der Waals surface area contributed by atoms with Gasteiger partial charge in [-0.2, -0.15) is 0 Å². The highest BCUT2D eigenvalue weighted by atomic mass is 35.5. The van der Waals surface area contributed by atoms with Gasteiger partial charge in [-0.15, -0.1) is 12.4 Å². The van der Waals surface area contributed by atoms with Crippen LogP contribution < -0.4 is 4.90 Å². The third-order valence-electron chi connectivity index (χ3n) is 4.74. The summed E-state index contributed by atoms with van der Waals surface area (Å²) in [4.78, 5) is 21.6. The van der Waals surface area contributed by atoms with E-state index in [1.165, 1.54) is 11.3 Å². The number of rotatable bonds is 9. The first-order valence-corrected chi connectivity index (χ1v) is 12.3. The summed E-state index contributed by atoms with van der Waals surface area (Å²) < 4.78 is 26.2. The number of aromatic nitrogens is 1. The molecule has 1 heterocycles. The van der Waals surface area contributed by atoms with Crippen LogP contribution in [0.25, 0.3) is 10.2 Å². The smallest absolute Gasteiger partial charge is 0.229 e. The number of thiazole rings is 1. The van der Waals surface area contributed by atoms with Gasteiger partial charge in [-0.3, -0.25) is 9.69 Å². The molecule has 0 N–H and O–H groups in total. The molecule has 3 rings (SSSR count). The number of fused-ring (bicyclic) bond motifs is 1. The Bertz CT molecular complexity index is 1120. The lowest BCUT2D eigenvalue weighted by Crippen LogP contribution is -2.34. The second kappa shape index (κ2) is 11.0. The van der Waals surface area contributed by atoms with Crippen LogP contribution in [0.2, 0.25) is 0 Å². The molecule has 1 amide bonds. The lowest BCUT2D eigenvalue weighted by Gasteiger charge is -2.21. The van der Waals surface area contributed by atoms with E-state index < -0.39 is 9.84 Å². The fourth-order valence-corrected chi connectivity index (χ4v) is 5.47. The van der Waals surface area contributed by atoms with E-state index in [9.17, 15) is 13.2 Å². The summed E-state index contributed by atoms with van der Waals surface area (Å²) in [5.41, 5.74) is 1.99. The Morgan fingerprint density at radius 3 is 2.45 bits per heavy atom. The topological polar surface area (TPSA) is 70.6 Å². The molecule has 168 valence electrons. The highest BCUT2D eigenvalue weighted by molar-refractivity contribution is 7.91. The Labute approximate surface area is 194 Å². The van der Waals surface area contributed by atoms with Crippen molar-refractivity contribution >= 4 is 54.8 Å². The summed E-state index contributed by atoms with van der Waals surface area (Å²) in [5, 5.41) is 0.622. The average molecular weight is 482 g/mol. The van der Waals surface area contributed by atoms with Crippen molar-refractivity contribution in [2.24, 2.45) is 0 Å². The zero-order chi connectivity index (χ0) is 21.7. The number of nitrogens with zero attached hydrogens (tertiary/aromatic N) is 3. The highest BCUT2D eigenvalue weighted by Gasteiger charge is 2.23. The molecule has 2 aromatic carbocycles. The van der Waals surface area contributed by atoms with Crippen LogP contribution in [0.3, 0.4) is 0 Å². The van der Waals surface area contributed by atoms with Crippen LogP contribution in [0.15, 0.2) is 53.4 Å². The summed E-state index contributed by atoms with van der Waals surface area (Å²) in [6.07, 6.45) is 0.702. The maximum atomic E-state index is 13.1. The van der Waals surface area contributed by atoms with E-state index >= 15 is 0 Å². The standard InChI is InChI=1S/C22H27N3O3S2.ClH/c1-17-10-11-19-20(16-17)29-22(23-19)25(14-7-13-24(2)3)21(26)12-15-30(27,28)18-8-5-4-6-9-18;/h4-6,8-11,16H,7,12-15H2,1-3H3;1H. The van der Waals surface area contributed by atoms with Gasteiger partial charge in [0.1, 0.15) is 0 Å². The van der Waals surface area contributed by atoms with Crippen molar-refractivity contribution in [3.63, 3.8) is 0 Å². The van der Waals surface area contributed by atoms with Crippen molar-refractivity contribution in [2.75, 3.05) is 37.8 Å². The van der Waals surface area contributed by atoms with Crippen LogP contribution in [-0.2, 0) is 14.6 Å². The minimum Gasteiger partial charge on any atom is -0.309 e.